The number of anilines is 2. The number of nitrogens with one attached hydrogen (secondary N) is 3. The molecule has 8 heteroatoms. The van der Waals surface area contributed by atoms with Crippen molar-refractivity contribution in [3.05, 3.63) is 54.1 Å². The normalized spacial score (nSPS) is 21.5. The maximum atomic E-state index is 13.0. The molecule has 31 heavy (non-hydrogen) atoms. The van der Waals surface area contributed by atoms with E-state index < -0.39 is 5.54 Å². The lowest BCUT2D eigenvalue weighted by Gasteiger charge is -2.30. The third-order valence-corrected chi connectivity index (χ3v) is 5.78. The van der Waals surface area contributed by atoms with Gasteiger partial charge in [-0.05, 0) is 30.2 Å². The number of methoxy groups -OCH3 is 2. The van der Waals surface area contributed by atoms with Crippen LogP contribution in [0.15, 0.2) is 53.5 Å². The Bertz CT molecular complexity index is 964. The molecule has 8 nitrogen and oxygen atoms in total. The van der Waals surface area contributed by atoms with E-state index in [1.165, 1.54) is 5.56 Å². The monoisotopic (exact) mass is 423 g/mol. The molecule has 0 bridgehead atoms. The Balaban J connectivity index is 1.52. The second-order valence-electron chi connectivity index (χ2n) is 7.77. The Morgan fingerprint density at radius 1 is 1.23 bits per heavy atom. The van der Waals surface area contributed by atoms with E-state index >= 15 is 0 Å². The van der Waals surface area contributed by atoms with Crippen LogP contribution in [0.4, 0.5) is 16.2 Å². The molecule has 2 aliphatic heterocycles. The van der Waals surface area contributed by atoms with Gasteiger partial charge in [-0.1, -0.05) is 24.3 Å². The van der Waals surface area contributed by atoms with Gasteiger partial charge in [0, 0.05) is 44.2 Å². The summed E-state index contributed by atoms with van der Waals surface area (Å²) in [4.78, 5) is 19.6. The van der Waals surface area contributed by atoms with Gasteiger partial charge in [0.1, 0.15) is 11.6 Å². The highest BCUT2D eigenvalue weighted by atomic mass is 16.5. The average molecular weight is 424 g/mol. The minimum absolute atomic E-state index is 0.134. The number of nitrogens with zero attached hydrogens (tertiary/aromatic N) is 2. The number of para-hydroxylation sites is 1. The Morgan fingerprint density at radius 3 is 2.94 bits per heavy atom. The molecule has 2 heterocycles. The molecule has 0 unspecified atom stereocenters. The summed E-state index contributed by atoms with van der Waals surface area (Å²) in [7, 11) is 3.28. The predicted octanol–water partition coefficient (Wildman–Crippen LogP) is 2.93. The molecule has 2 amide bonds. The van der Waals surface area contributed by atoms with Gasteiger partial charge in [-0.15, -0.1) is 0 Å². The number of urea groups is 1. The van der Waals surface area contributed by atoms with Crippen molar-refractivity contribution in [2.24, 2.45) is 4.99 Å². The lowest BCUT2D eigenvalue weighted by Crippen LogP contribution is -2.55. The number of carbonyl (C=O) groups is 1. The second-order valence-corrected chi connectivity index (χ2v) is 7.77. The number of ether oxygens (including phenoxy) is 2. The highest BCUT2D eigenvalue weighted by Gasteiger charge is 2.45. The van der Waals surface area contributed by atoms with E-state index in [0.717, 1.165) is 17.9 Å². The number of benzene rings is 2. The number of hydrogen-bond acceptors (Lipinski definition) is 5. The minimum atomic E-state index is -0.432. The van der Waals surface area contributed by atoms with E-state index in [1.807, 2.05) is 41.3 Å². The molecule has 1 spiro atoms. The van der Waals surface area contributed by atoms with Crippen LogP contribution in [0.1, 0.15) is 12.0 Å². The summed E-state index contributed by atoms with van der Waals surface area (Å²) >= 11 is 0. The van der Waals surface area contributed by atoms with Crippen molar-refractivity contribution in [3.63, 3.8) is 0 Å². The van der Waals surface area contributed by atoms with E-state index in [9.17, 15) is 4.79 Å². The lowest BCUT2D eigenvalue weighted by atomic mass is 9.96. The van der Waals surface area contributed by atoms with E-state index in [2.05, 4.69) is 28.1 Å². The van der Waals surface area contributed by atoms with Crippen molar-refractivity contribution in [1.29, 1.82) is 0 Å². The molecule has 2 aromatic carbocycles. The van der Waals surface area contributed by atoms with E-state index in [4.69, 9.17) is 14.5 Å². The van der Waals surface area contributed by atoms with Crippen LogP contribution < -0.4 is 20.7 Å². The van der Waals surface area contributed by atoms with Crippen LogP contribution in [-0.2, 0) is 11.3 Å². The Morgan fingerprint density at radius 2 is 2.10 bits per heavy atom. The molecule has 0 saturated carbocycles. The summed E-state index contributed by atoms with van der Waals surface area (Å²) in [6, 6.07) is 15.4. The maximum Gasteiger partial charge on any atom is 0.321 e. The fourth-order valence-electron chi connectivity index (χ4n) is 4.06. The van der Waals surface area contributed by atoms with Crippen LogP contribution >= 0.6 is 0 Å². The first-order chi connectivity index (χ1) is 15.1. The van der Waals surface area contributed by atoms with Gasteiger partial charge in [-0.3, -0.25) is 10.3 Å². The average Bonchev–Trinajstić information content (AvgIpc) is 3.17. The fourth-order valence-corrected chi connectivity index (χ4v) is 4.06. The molecule has 1 fully saturated rings. The molecular weight excluding hydrogens is 394 g/mol. The van der Waals surface area contributed by atoms with E-state index in [1.54, 1.807) is 14.2 Å². The zero-order chi connectivity index (χ0) is 21.7. The highest BCUT2D eigenvalue weighted by Crippen LogP contribution is 2.30. The topological polar surface area (TPSA) is 87.2 Å². The van der Waals surface area contributed by atoms with Gasteiger partial charge in [0.2, 0.25) is 0 Å². The van der Waals surface area contributed by atoms with Crippen LogP contribution in [0.3, 0.4) is 0 Å². The molecule has 164 valence electrons. The number of rotatable bonds is 5. The number of aliphatic imine (C=N–C) groups is 1. The van der Waals surface area contributed by atoms with Crippen molar-refractivity contribution in [3.8, 4) is 5.75 Å². The van der Waals surface area contributed by atoms with Gasteiger partial charge < -0.3 is 25.0 Å². The highest BCUT2D eigenvalue weighted by molar-refractivity contribution is 6.05. The second kappa shape index (κ2) is 9.36. The van der Waals surface area contributed by atoms with Crippen LogP contribution in [0, 0.1) is 0 Å². The molecule has 0 aliphatic carbocycles. The summed E-state index contributed by atoms with van der Waals surface area (Å²) < 4.78 is 10.4. The summed E-state index contributed by atoms with van der Waals surface area (Å²) in [5.41, 5.74) is 2.50. The number of carbonyl (C=O) groups excluding carboxylic acids is 1. The number of fused-ring (bicyclic) bond motifs is 1. The van der Waals surface area contributed by atoms with Crippen molar-refractivity contribution in [2.75, 3.05) is 51.1 Å². The first-order valence-corrected chi connectivity index (χ1v) is 10.5. The Labute approximate surface area is 182 Å². The number of amidine groups is 1. The molecule has 2 aromatic rings. The summed E-state index contributed by atoms with van der Waals surface area (Å²) in [5.74, 6) is 1.56. The van der Waals surface area contributed by atoms with Gasteiger partial charge >= 0.3 is 6.03 Å². The molecule has 0 radical (unpaired) electrons. The summed E-state index contributed by atoms with van der Waals surface area (Å²) in [5, 5.41) is 10.2. The summed E-state index contributed by atoms with van der Waals surface area (Å²) in [6.45, 7) is 2.96. The quantitative estimate of drug-likeness (QED) is 0.644. The molecule has 3 N–H and O–H groups in total. The molecule has 2 aliphatic rings. The SMILES string of the molecule is COCCN=C1Nc2ccccc2CN[C@@]12CCN(C(=O)Nc1cccc(OC)c1)C2. The standard InChI is InChI=1S/C23H29N5O3/c1-30-13-11-24-21-23(25-15-17-6-3-4-9-20(17)27-21)10-12-28(16-23)22(29)26-18-7-5-8-19(14-18)31-2/h3-9,14,25H,10-13,15-16H2,1-2H3,(H,24,27)(H,26,29)/t23-/m1/s1. The largest absolute Gasteiger partial charge is 0.497 e. The van der Waals surface area contributed by atoms with Gasteiger partial charge in [0.05, 0.1) is 25.8 Å². The number of likely N-dealkylation sites (tertiary alicyclic amines) is 1. The fraction of sp³-hybridized carbons (Fsp3) is 0.391. The maximum absolute atomic E-state index is 13.0. The van der Waals surface area contributed by atoms with Gasteiger partial charge in [-0.2, -0.15) is 0 Å². The summed E-state index contributed by atoms with van der Waals surface area (Å²) in [6.07, 6.45) is 0.769. The molecule has 0 aromatic heterocycles. The van der Waals surface area contributed by atoms with E-state index in [0.29, 0.717) is 44.2 Å². The molecule has 1 saturated heterocycles. The van der Waals surface area contributed by atoms with Crippen LogP contribution in [0.2, 0.25) is 0 Å². The molecular formula is C23H29N5O3. The number of amides is 2. The third-order valence-electron chi connectivity index (χ3n) is 5.78. The third kappa shape index (κ3) is 4.65. The minimum Gasteiger partial charge on any atom is -0.497 e. The first-order valence-electron chi connectivity index (χ1n) is 10.5. The molecule has 4 rings (SSSR count). The van der Waals surface area contributed by atoms with Crippen molar-refractivity contribution in [1.82, 2.24) is 10.2 Å². The smallest absolute Gasteiger partial charge is 0.321 e. The van der Waals surface area contributed by atoms with Crippen LogP contribution in [0.25, 0.3) is 0 Å². The van der Waals surface area contributed by atoms with Gasteiger partial charge in [-0.25, -0.2) is 4.79 Å². The van der Waals surface area contributed by atoms with Crippen molar-refractivity contribution < 1.29 is 14.3 Å². The zero-order valence-corrected chi connectivity index (χ0v) is 18.0. The van der Waals surface area contributed by atoms with Crippen LogP contribution in [0.5, 0.6) is 5.75 Å². The predicted molar refractivity (Wildman–Crippen MR) is 122 cm³/mol. The van der Waals surface area contributed by atoms with Crippen molar-refractivity contribution in [2.45, 2.75) is 18.5 Å². The van der Waals surface area contributed by atoms with Gasteiger partial charge in [0.25, 0.3) is 0 Å². The van der Waals surface area contributed by atoms with E-state index in [-0.39, 0.29) is 6.03 Å². The molecule has 1 atom stereocenters. The zero-order valence-electron chi connectivity index (χ0n) is 18.0. The number of hydrogen-bond donors (Lipinski definition) is 3. The Hall–Kier alpha value is -3.10. The van der Waals surface area contributed by atoms with Crippen molar-refractivity contribution >= 4 is 23.2 Å². The lowest BCUT2D eigenvalue weighted by molar-refractivity contribution is 0.207. The van der Waals surface area contributed by atoms with Gasteiger partial charge in [0.15, 0.2) is 0 Å². The van der Waals surface area contributed by atoms with Crippen LogP contribution in [-0.4, -0.2) is 62.8 Å². The first kappa shape index (κ1) is 21.1. The Kier molecular flexibility index (Phi) is 6.39.